The van der Waals surface area contributed by atoms with Crippen molar-refractivity contribution in [3.8, 4) is 0 Å². The molecule has 9 heteroatoms. The lowest BCUT2D eigenvalue weighted by molar-refractivity contribution is 0.0173. The quantitative estimate of drug-likeness (QED) is 0.365. The molecule has 0 bridgehead atoms. The minimum absolute atomic E-state index is 0. The Hall–Kier alpha value is -0.940. The van der Waals surface area contributed by atoms with Gasteiger partial charge in [0.2, 0.25) is 0 Å². The van der Waals surface area contributed by atoms with E-state index in [1.807, 2.05) is 14.1 Å². The van der Waals surface area contributed by atoms with Crippen LogP contribution < -0.4 is 10.6 Å². The molecule has 1 aromatic rings. The van der Waals surface area contributed by atoms with E-state index in [-0.39, 0.29) is 29.5 Å². The first kappa shape index (κ1) is 22.4. The molecule has 3 heterocycles. The van der Waals surface area contributed by atoms with Crippen molar-refractivity contribution in [2.45, 2.75) is 44.2 Å². The van der Waals surface area contributed by atoms with E-state index < -0.39 is 0 Å². The van der Waals surface area contributed by atoms with Gasteiger partial charge in [0.05, 0.1) is 6.54 Å². The molecule has 0 aromatic carbocycles. The summed E-state index contributed by atoms with van der Waals surface area (Å²) >= 11 is 0. The van der Waals surface area contributed by atoms with Crippen LogP contribution in [-0.4, -0.2) is 82.9 Å². The Morgan fingerprint density at radius 2 is 1.81 bits per heavy atom. The second-order valence-electron chi connectivity index (χ2n) is 7.65. The van der Waals surface area contributed by atoms with E-state index in [2.05, 4.69) is 42.6 Å². The second kappa shape index (κ2) is 10.6. The predicted molar refractivity (Wildman–Crippen MR) is 120 cm³/mol. The van der Waals surface area contributed by atoms with Crippen molar-refractivity contribution in [2.24, 2.45) is 12.0 Å². The number of halogens is 1. The molecule has 3 rings (SSSR count). The molecular formula is C18H35IN8. The molecule has 0 atom stereocenters. The van der Waals surface area contributed by atoms with Gasteiger partial charge >= 0.3 is 0 Å². The summed E-state index contributed by atoms with van der Waals surface area (Å²) in [6, 6.07) is 0. The van der Waals surface area contributed by atoms with Crippen LogP contribution in [-0.2, 0) is 13.6 Å². The fourth-order valence-electron chi connectivity index (χ4n) is 4.12. The number of aryl methyl sites for hydroxylation is 1. The average Bonchev–Trinajstić information content (AvgIpc) is 3.09. The van der Waals surface area contributed by atoms with Gasteiger partial charge in [-0.1, -0.05) is 6.42 Å². The smallest absolute Gasteiger partial charge is 0.191 e. The fourth-order valence-corrected chi connectivity index (χ4v) is 4.12. The summed E-state index contributed by atoms with van der Waals surface area (Å²) < 4.78 is 1.78. The van der Waals surface area contributed by atoms with Crippen LogP contribution in [0.5, 0.6) is 0 Å². The molecule has 2 aliphatic rings. The van der Waals surface area contributed by atoms with Crippen LogP contribution >= 0.6 is 24.0 Å². The highest BCUT2D eigenvalue weighted by molar-refractivity contribution is 14.0. The number of aromatic nitrogens is 3. The fraction of sp³-hybridized carbons (Fsp3) is 0.833. The van der Waals surface area contributed by atoms with Crippen LogP contribution in [0.2, 0.25) is 0 Å². The number of rotatable bonds is 5. The lowest BCUT2D eigenvalue weighted by Gasteiger charge is -2.50. The highest BCUT2D eigenvalue weighted by atomic mass is 127. The van der Waals surface area contributed by atoms with Gasteiger partial charge in [-0.3, -0.25) is 14.6 Å². The normalized spacial score (nSPS) is 21.5. The van der Waals surface area contributed by atoms with Gasteiger partial charge in [-0.2, -0.15) is 5.10 Å². The van der Waals surface area contributed by atoms with E-state index in [4.69, 9.17) is 0 Å². The van der Waals surface area contributed by atoms with Gasteiger partial charge in [0.15, 0.2) is 5.96 Å². The molecule has 2 saturated heterocycles. The zero-order valence-corrected chi connectivity index (χ0v) is 19.3. The van der Waals surface area contributed by atoms with Crippen LogP contribution in [0.4, 0.5) is 0 Å². The minimum atomic E-state index is 0. The number of guanidine groups is 1. The molecule has 27 heavy (non-hydrogen) atoms. The number of aliphatic imine (C=N–C) groups is 1. The third kappa shape index (κ3) is 5.77. The van der Waals surface area contributed by atoms with Crippen molar-refractivity contribution in [1.29, 1.82) is 0 Å². The first-order chi connectivity index (χ1) is 12.6. The van der Waals surface area contributed by atoms with E-state index in [1.165, 1.54) is 58.3 Å². The molecule has 0 aliphatic carbocycles. The largest absolute Gasteiger partial charge is 0.355 e. The molecule has 8 nitrogen and oxygen atoms in total. The van der Waals surface area contributed by atoms with E-state index in [9.17, 15) is 0 Å². The van der Waals surface area contributed by atoms with E-state index in [0.29, 0.717) is 6.54 Å². The maximum atomic E-state index is 4.40. The highest BCUT2D eigenvalue weighted by Gasteiger charge is 2.39. The first-order valence-corrected chi connectivity index (χ1v) is 9.84. The third-order valence-corrected chi connectivity index (χ3v) is 5.97. The summed E-state index contributed by atoms with van der Waals surface area (Å²) in [5.41, 5.74) is 0.245. The number of nitrogens with zero attached hydrogens (tertiary/aromatic N) is 6. The number of likely N-dealkylation sites (tertiary alicyclic amines) is 2. The van der Waals surface area contributed by atoms with Crippen molar-refractivity contribution in [3.63, 3.8) is 0 Å². The van der Waals surface area contributed by atoms with Crippen molar-refractivity contribution < 1.29 is 0 Å². The van der Waals surface area contributed by atoms with Crippen molar-refractivity contribution in [1.82, 2.24) is 35.2 Å². The molecule has 0 unspecified atom stereocenters. The Balaban J connectivity index is 0.00000261. The van der Waals surface area contributed by atoms with E-state index in [0.717, 1.165) is 18.3 Å². The zero-order chi connectivity index (χ0) is 18.4. The minimum Gasteiger partial charge on any atom is -0.355 e. The van der Waals surface area contributed by atoms with Gasteiger partial charge in [0, 0.05) is 26.2 Å². The molecular weight excluding hydrogens is 455 g/mol. The van der Waals surface area contributed by atoms with Gasteiger partial charge in [-0.05, 0) is 58.9 Å². The van der Waals surface area contributed by atoms with Crippen LogP contribution in [0.3, 0.4) is 0 Å². The third-order valence-electron chi connectivity index (χ3n) is 5.97. The monoisotopic (exact) mass is 490 g/mol. The molecule has 2 N–H and O–H groups in total. The number of piperidine rings is 2. The molecule has 2 aliphatic heterocycles. The van der Waals surface area contributed by atoms with Gasteiger partial charge < -0.3 is 15.5 Å². The van der Waals surface area contributed by atoms with Gasteiger partial charge in [-0.15, -0.1) is 24.0 Å². The Morgan fingerprint density at radius 1 is 1.11 bits per heavy atom. The number of hydrogen-bond acceptors (Lipinski definition) is 5. The van der Waals surface area contributed by atoms with Crippen molar-refractivity contribution >= 4 is 29.9 Å². The molecule has 0 radical (unpaired) electrons. The summed E-state index contributed by atoms with van der Waals surface area (Å²) in [5.74, 6) is 1.74. The molecule has 1 aromatic heterocycles. The second-order valence-corrected chi connectivity index (χ2v) is 7.65. The Morgan fingerprint density at radius 3 is 2.41 bits per heavy atom. The SMILES string of the molecule is CN=C(NCc1ncnn1C)NCC1(N2CCCCC2)CCN(C)CC1.I. The van der Waals surface area contributed by atoms with E-state index >= 15 is 0 Å². The first-order valence-electron chi connectivity index (χ1n) is 9.84. The molecule has 0 saturated carbocycles. The summed E-state index contributed by atoms with van der Waals surface area (Å²) in [6.07, 6.45) is 8.05. The molecule has 154 valence electrons. The van der Waals surface area contributed by atoms with Crippen LogP contribution in [0.1, 0.15) is 37.9 Å². The molecule has 0 amide bonds. The van der Waals surface area contributed by atoms with Gasteiger partial charge in [0.25, 0.3) is 0 Å². The Bertz CT molecular complexity index is 588. The zero-order valence-electron chi connectivity index (χ0n) is 16.9. The average molecular weight is 490 g/mol. The maximum Gasteiger partial charge on any atom is 0.191 e. The highest BCUT2D eigenvalue weighted by Crippen LogP contribution is 2.30. The Labute approximate surface area is 180 Å². The summed E-state index contributed by atoms with van der Waals surface area (Å²) in [4.78, 5) is 13.9. The van der Waals surface area contributed by atoms with Gasteiger partial charge in [-0.25, -0.2) is 4.98 Å². The van der Waals surface area contributed by atoms with E-state index in [1.54, 1.807) is 11.0 Å². The standard InChI is InChI=1S/C18H34N8.HI/c1-19-17(20-13-16-22-15-23-25(16)3)21-14-18(7-11-24(2)12-8-18)26-9-5-4-6-10-26;/h15H,4-14H2,1-3H3,(H2,19,20,21);1H. The summed E-state index contributed by atoms with van der Waals surface area (Å²) in [5, 5.41) is 11.1. The lowest BCUT2D eigenvalue weighted by Crippen LogP contribution is -2.62. The van der Waals surface area contributed by atoms with Crippen LogP contribution in [0.25, 0.3) is 0 Å². The van der Waals surface area contributed by atoms with Crippen LogP contribution in [0.15, 0.2) is 11.3 Å². The molecule has 0 spiro atoms. The number of nitrogens with one attached hydrogen (secondary N) is 2. The summed E-state index contributed by atoms with van der Waals surface area (Å²) in [6.45, 7) is 6.37. The topological polar surface area (TPSA) is 73.6 Å². The lowest BCUT2D eigenvalue weighted by atomic mass is 9.84. The Kier molecular flexibility index (Phi) is 8.74. The maximum absolute atomic E-state index is 4.40. The molecule has 2 fully saturated rings. The predicted octanol–water partition coefficient (Wildman–Crippen LogP) is 1.05. The van der Waals surface area contributed by atoms with Crippen molar-refractivity contribution in [3.05, 3.63) is 12.2 Å². The van der Waals surface area contributed by atoms with Gasteiger partial charge in [0.1, 0.15) is 12.2 Å². The van der Waals surface area contributed by atoms with Crippen molar-refractivity contribution in [2.75, 3.05) is 46.8 Å². The number of hydrogen-bond donors (Lipinski definition) is 2. The van der Waals surface area contributed by atoms with Crippen LogP contribution in [0, 0.1) is 0 Å². The summed E-state index contributed by atoms with van der Waals surface area (Å²) in [7, 11) is 5.97.